The van der Waals surface area contributed by atoms with Gasteiger partial charge in [0.25, 0.3) is 0 Å². The number of piperazine rings is 1. The smallest absolute Gasteiger partial charge is 0.218 e. The number of aromatic nitrogens is 4. The van der Waals surface area contributed by atoms with Crippen molar-refractivity contribution in [2.24, 2.45) is 0 Å². The standard InChI is InChI=1S/C19H22N6O2S/c26-28(27,14-15-4-2-1-3-5-15)24-12-10-23(11-13-24)18-19-22-21-17(16-6-7-16)25(19)9-8-20-18/h1-5,8-9,16H,6-7,10-14H2. The fourth-order valence-corrected chi connectivity index (χ4v) is 5.24. The molecule has 9 heteroatoms. The van der Waals surface area contributed by atoms with E-state index in [-0.39, 0.29) is 5.75 Å². The molecule has 5 rings (SSSR count). The van der Waals surface area contributed by atoms with Gasteiger partial charge in [-0.2, -0.15) is 4.31 Å². The van der Waals surface area contributed by atoms with E-state index in [1.165, 1.54) is 0 Å². The fourth-order valence-electron chi connectivity index (χ4n) is 3.73. The van der Waals surface area contributed by atoms with Gasteiger partial charge in [-0.25, -0.2) is 13.4 Å². The molecule has 1 aliphatic carbocycles. The van der Waals surface area contributed by atoms with E-state index in [0.29, 0.717) is 32.1 Å². The van der Waals surface area contributed by atoms with Crippen molar-refractivity contribution in [2.75, 3.05) is 31.1 Å². The van der Waals surface area contributed by atoms with Crippen molar-refractivity contribution in [1.29, 1.82) is 0 Å². The summed E-state index contributed by atoms with van der Waals surface area (Å²) in [5.41, 5.74) is 1.57. The Kier molecular flexibility index (Phi) is 4.28. The van der Waals surface area contributed by atoms with E-state index >= 15 is 0 Å². The molecule has 0 unspecified atom stereocenters. The van der Waals surface area contributed by atoms with Crippen molar-refractivity contribution in [3.63, 3.8) is 0 Å². The summed E-state index contributed by atoms with van der Waals surface area (Å²) in [7, 11) is -3.33. The van der Waals surface area contributed by atoms with Crippen LogP contribution < -0.4 is 4.90 Å². The van der Waals surface area contributed by atoms with Crippen molar-refractivity contribution in [3.05, 3.63) is 54.1 Å². The zero-order chi connectivity index (χ0) is 19.1. The molecule has 0 atom stereocenters. The molecule has 1 aromatic carbocycles. The molecule has 0 bridgehead atoms. The molecule has 2 aliphatic rings. The third-order valence-electron chi connectivity index (χ3n) is 5.40. The molecule has 8 nitrogen and oxygen atoms in total. The first-order chi connectivity index (χ1) is 13.6. The van der Waals surface area contributed by atoms with Crippen LogP contribution in [0.1, 0.15) is 30.1 Å². The minimum Gasteiger partial charge on any atom is -0.351 e. The van der Waals surface area contributed by atoms with Crippen LogP contribution >= 0.6 is 0 Å². The summed E-state index contributed by atoms with van der Waals surface area (Å²) in [5.74, 6) is 2.33. The molecule has 3 heterocycles. The number of sulfonamides is 1. The molecular formula is C19H22N6O2S. The van der Waals surface area contributed by atoms with Crippen LogP contribution in [-0.2, 0) is 15.8 Å². The summed E-state index contributed by atoms with van der Waals surface area (Å²) < 4.78 is 29.1. The van der Waals surface area contributed by atoms with Gasteiger partial charge in [0, 0.05) is 44.5 Å². The second-order valence-electron chi connectivity index (χ2n) is 7.40. The lowest BCUT2D eigenvalue weighted by atomic mass is 10.2. The molecule has 1 saturated heterocycles. The predicted octanol–water partition coefficient (Wildman–Crippen LogP) is 1.65. The molecule has 28 heavy (non-hydrogen) atoms. The summed E-state index contributed by atoms with van der Waals surface area (Å²) in [6.07, 6.45) is 6.01. The highest BCUT2D eigenvalue weighted by atomic mass is 32.2. The van der Waals surface area contributed by atoms with Crippen LogP contribution in [0.3, 0.4) is 0 Å². The maximum absolute atomic E-state index is 12.8. The van der Waals surface area contributed by atoms with Gasteiger partial charge in [0.2, 0.25) is 15.7 Å². The van der Waals surface area contributed by atoms with Gasteiger partial charge in [-0.3, -0.25) is 4.40 Å². The van der Waals surface area contributed by atoms with Crippen LogP contribution in [0.15, 0.2) is 42.7 Å². The Balaban J connectivity index is 1.31. The van der Waals surface area contributed by atoms with Crippen LogP contribution in [0.25, 0.3) is 5.65 Å². The molecule has 2 fully saturated rings. The zero-order valence-electron chi connectivity index (χ0n) is 15.5. The lowest BCUT2D eigenvalue weighted by molar-refractivity contribution is 0.383. The molecule has 3 aromatic rings. The number of fused-ring (bicyclic) bond motifs is 1. The molecular weight excluding hydrogens is 376 g/mol. The van der Waals surface area contributed by atoms with E-state index in [0.717, 1.165) is 35.7 Å². The number of hydrogen-bond donors (Lipinski definition) is 0. The largest absolute Gasteiger partial charge is 0.351 e. The summed E-state index contributed by atoms with van der Waals surface area (Å²) in [4.78, 5) is 6.62. The van der Waals surface area contributed by atoms with Crippen LogP contribution in [0.4, 0.5) is 5.82 Å². The van der Waals surface area contributed by atoms with Crippen LogP contribution in [0, 0.1) is 0 Å². The first-order valence-corrected chi connectivity index (χ1v) is 11.2. The van der Waals surface area contributed by atoms with Crippen LogP contribution in [0.5, 0.6) is 0 Å². The van der Waals surface area contributed by atoms with E-state index in [9.17, 15) is 8.42 Å². The molecule has 0 spiro atoms. The number of anilines is 1. The van der Waals surface area contributed by atoms with E-state index in [1.807, 2.05) is 40.9 Å². The summed E-state index contributed by atoms with van der Waals surface area (Å²) >= 11 is 0. The number of nitrogens with zero attached hydrogens (tertiary/aromatic N) is 6. The van der Waals surface area contributed by atoms with Gasteiger partial charge in [0.05, 0.1) is 5.75 Å². The van der Waals surface area contributed by atoms with Crippen LogP contribution in [-0.4, -0.2) is 58.5 Å². The Morgan fingerprint density at radius 2 is 1.75 bits per heavy atom. The molecule has 0 amide bonds. The Labute approximate surface area is 163 Å². The van der Waals surface area contributed by atoms with Gasteiger partial charge in [-0.15, -0.1) is 10.2 Å². The zero-order valence-corrected chi connectivity index (χ0v) is 16.3. The SMILES string of the molecule is O=S(=O)(Cc1ccccc1)N1CCN(c2nccn3c(C4CC4)nnc23)CC1. The van der Waals surface area contributed by atoms with Crippen molar-refractivity contribution in [2.45, 2.75) is 24.5 Å². The molecule has 0 N–H and O–H groups in total. The minimum atomic E-state index is -3.33. The summed E-state index contributed by atoms with van der Waals surface area (Å²) in [6.45, 7) is 2.07. The topological polar surface area (TPSA) is 83.7 Å². The first kappa shape index (κ1) is 17.6. The van der Waals surface area contributed by atoms with Crippen molar-refractivity contribution in [3.8, 4) is 0 Å². The highest BCUT2D eigenvalue weighted by Gasteiger charge is 2.31. The van der Waals surface area contributed by atoms with Gasteiger partial charge in [0.1, 0.15) is 5.82 Å². The second kappa shape index (κ2) is 6.82. The van der Waals surface area contributed by atoms with Gasteiger partial charge in [-0.1, -0.05) is 30.3 Å². The quantitative estimate of drug-likeness (QED) is 0.650. The highest BCUT2D eigenvalue weighted by Crippen LogP contribution is 2.39. The van der Waals surface area contributed by atoms with Gasteiger partial charge >= 0.3 is 0 Å². The average Bonchev–Trinajstić information content (AvgIpc) is 3.47. The molecule has 0 radical (unpaired) electrons. The lowest BCUT2D eigenvalue weighted by Crippen LogP contribution is -2.49. The number of rotatable bonds is 5. The molecule has 2 aromatic heterocycles. The Morgan fingerprint density at radius 1 is 1.00 bits per heavy atom. The van der Waals surface area contributed by atoms with E-state index in [4.69, 9.17) is 0 Å². The summed E-state index contributed by atoms with van der Waals surface area (Å²) in [5, 5.41) is 8.71. The maximum atomic E-state index is 12.8. The Morgan fingerprint density at radius 3 is 2.46 bits per heavy atom. The summed E-state index contributed by atoms with van der Waals surface area (Å²) in [6, 6.07) is 9.32. The molecule has 1 aliphatic heterocycles. The highest BCUT2D eigenvalue weighted by molar-refractivity contribution is 7.88. The fraction of sp³-hybridized carbons (Fsp3) is 0.421. The number of hydrogen-bond acceptors (Lipinski definition) is 6. The maximum Gasteiger partial charge on any atom is 0.218 e. The van der Waals surface area contributed by atoms with Crippen molar-refractivity contribution in [1.82, 2.24) is 23.9 Å². The molecule has 1 saturated carbocycles. The third kappa shape index (κ3) is 3.24. The van der Waals surface area contributed by atoms with E-state index in [1.54, 1.807) is 10.5 Å². The van der Waals surface area contributed by atoms with Gasteiger partial charge in [0.15, 0.2) is 5.82 Å². The normalized spacial score (nSPS) is 18.6. The van der Waals surface area contributed by atoms with Gasteiger partial charge in [-0.05, 0) is 18.4 Å². The predicted molar refractivity (Wildman–Crippen MR) is 106 cm³/mol. The molecule has 146 valence electrons. The minimum absolute atomic E-state index is 0.0383. The second-order valence-corrected chi connectivity index (χ2v) is 9.37. The Bertz CT molecular complexity index is 1090. The number of benzene rings is 1. The van der Waals surface area contributed by atoms with Crippen LogP contribution in [0.2, 0.25) is 0 Å². The monoisotopic (exact) mass is 398 g/mol. The third-order valence-corrected chi connectivity index (χ3v) is 7.25. The van der Waals surface area contributed by atoms with E-state index in [2.05, 4.69) is 20.1 Å². The van der Waals surface area contributed by atoms with Gasteiger partial charge < -0.3 is 4.90 Å². The lowest BCUT2D eigenvalue weighted by Gasteiger charge is -2.34. The van der Waals surface area contributed by atoms with Crippen molar-refractivity contribution >= 4 is 21.5 Å². The first-order valence-electron chi connectivity index (χ1n) is 9.58. The Hall–Kier alpha value is -2.52. The van der Waals surface area contributed by atoms with Crippen molar-refractivity contribution < 1.29 is 8.42 Å². The van der Waals surface area contributed by atoms with E-state index < -0.39 is 10.0 Å². The average molecular weight is 398 g/mol.